The molecule has 0 unspecified atom stereocenters. The largest absolute Gasteiger partial charge is 0.386 e. The van der Waals surface area contributed by atoms with Gasteiger partial charge in [-0.2, -0.15) is 0 Å². The number of benzene rings is 1. The van der Waals surface area contributed by atoms with E-state index in [0.29, 0.717) is 0 Å². The second-order valence-corrected chi connectivity index (χ2v) is 3.51. The average Bonchev–Trinajstić information content (AvgIpc) is 2.16. The fourth-order valence-electron chi connectivity index (χ4n) is 1.08. The molecule has 0 atom stereocenters. The zero-order valence-corrected chi connectivity index (χ0v) is 9.55. The van der Waals surface area contributed by atoms with Gasteiger partial charge in [-0.05, 0) is 18.2 Å². The van der Waals surface area contributed by atoms with Crippen LogP contribution in [0.4, 0.5) is 11.4 Å². The van der Waals surface area contributed by atoms with Crippen LogP contribution in [-0.4, -0.2) is 21.2 Å². The van der Waals surface area contributed by atoms with Gasteiger partial charge in [0, 0.05) is 18.6 Å². The molecule has 1 N–H and O–H groups in total. The summed E-state index contributed by atoms with van der Waals surface area (Å²) in [6.07, 6.45) is 0. The molecule has 3 nitrogen and oxygen atoms in total. The molecule has 0 heterocycles. The second-order valence-electron chi connectivity index (χ2n) is 2.59. The van der Waals surface area contributed by atoms with Crippen molar-refractivity contribution in [3.05, 3.63) is 22.7 Å². The predicted octanol–water partition coefficient (Wildman–Crippen LogP) is 2.49. The zero-order valence-electron chi connectivity index (χ0n) is 7.97. The van der Waals surface area contributed by atoms with E-state index in [0.717, 1.165) is 15.8 Å². The highest BCUT2D eigenvalue weighted by Crippen LogP contribution is 2.27. The molecule has 4 heteroatoms. The summed E-state index contributed by atoms with van der Waals surface area (Å²) in [5.74, 6) is 0. The fourth-order valence-corrected chi connectivity index (χ4v) is 1.44. The van der Waals surface area contributed by atoms with Crippen LogP contribution in [0.3, 0.4) is 0 Å². The molecular formula is C9H13BrN2O. The molecule has 0 amide bonds. The number of hydrogen-bond donors (Lipinski definition) is 1. The van der Waals surface area contributed by atoms with Gasteiger partial charge in [0.05, 0.1) is 18.5 Å². The third kappa shape index (κ3) is 2.35. The van der Waals surface area contributed by atoms with E-state index < -0.39 is 0 Å². The SMILES string of the molecule is CNc1cc(Br)ccc1N(C)OC. The lowest BCUT2D eigenvalue weighted by Gasteiger charge is -2.19. The van der Waals surface area contributed by atoms with Crippen molar-refractivity contribution in [3.63, 3.8) is 0 Å². The molecular weight excluding hydrogens is 232 g/mol. The van der Waals surface area contributed by atoms with Crippen LogP contribution < -0.4 is 10.4 Å². The number of nitrogens with zero attached hydrogens (tertiary/aromatic N) is 1. The van der Waals surface area contributed by atoms with Crippen molar-refractivity contribution in [2.45, 2.75) is 0 Å². The van der Waals surface area contributed by atoms with Crippen LogP contribution in [0.2, 0.25) is 0 Å². The Morgan fingerprint density at radius 1 is 1.46 bits per heavy atom. The van der Waals surface area contributed by atoms with Gasteiger partial charge < -0.3 is 5.32 Å². The summed E-state index contributed by atoms with van der Waals surface area (Å²) >= 11 is 3.41. The standard InChI is InChI=1S/C9H13BrN2O/c1-11-8-6-7(10)4-5-9(8)12(2)13-3/h4-6,11H,1-3H3. The number of nitrogens with one attached hydrogen (secondary N) is 1. The van der Waals surface area contributed by atoms with Crippen molar-refractivity contribution in [2.75, 3.05) is 31.6 Å². The average molecular weight is 245 g/mol. The highest BCUT2D eigenvalue weighted by Gasteiger charge is 2.05. The molecule has 1 rings (SSSR count). The zero-order chi connectivity index (χ0) is 9.84. The molecule has 0 fully saturated rings. The first kappa shape index (κ1) is 10.3. The van der Waals surface area contributed by atoms with E-state index in [4.69, 9.17) is 4.84 Å². The van der Waals surface area contributed by atoms with Crippen molar-refractivity contribution in [1.82, 2.24) is 0 Å². The monoisotopic (exact) mass is 244 g/mol. The summed E-state index contributed by atoms with van der Waals surface area (Å²) in [6.45, 7) is 0. The molecule has 0 bridgehead atoms. The number of anilines is 2. The highest BCUT2D eigenvalue weighted by atomic mass is 79.9. The summed E-state index contributed by atoms with van der Waals surface area (Å²) < 4.78 is 1.05. The molecule has 13 heavy (non-hydrogen) atoms. The predicted molar refractivity (Wildman–Crippen MR) is 59.1 cm³/mol. The first-order chi connectivity index (χ1) is 6.19. The van der Waals surface area contributed by atoms with Crippen LogP contribution in [0, 0.1) is 0 Å². The Bertz CT molecular complexity index is 291. The lowest BCUT2D eigenvalue weighted by Crippen LogP contribution is -2.16. The molecule has 0 aliphatic carbocycles. The van der Waals surface area contributed by atoms with Gasteiger partial charge in [-0.1, -0.05) is 15.9 Å². The van der Waals surface area contributed by atoms with Gasteiger partial charge in [-0.25, -0.2) is 0 Å². The minimum atomic E-state index is 1.01. The maximum absolute atomic E-state index is 5.10. The smallest absolute Gasteiger partial charge is 0.0865 e. The molecule has 0 radical (unpaired) electrons. The molecule has 0 saturated heterocycles. The van der Waals surface area contributed by atoms with Crippen molar-refractivity contribution < 1.29 is 4.84 Å². The Kier molecular flexibility index (Phi) is 3.57. The van der Waals surface area contributed by atoms with Crippen molar-refractivity contribution in [3.8, 4) is 0 Å². The first-order valence-electron chi connectivity index (χ1n) is 3.94. The highest BCUT2D eigenvalue weighted by molar-refractivity contribution is 9.10. The van der Waals surface area contributed by atoms with E-state index in [1.54, 1.807) is 12.2 Å². The van der Waals surface area contributed by atoms with Crippen molar-refractivity contribution >= 4 is 27.3 Å². The normalized spacial score (nSPS) is 9.85. The van der Waals surface area contributed by atoms with Gasteiger partial charge in [0.25, 0.3) is 0 Å². The van der Waals surface area contributed by atoms with Gasteiger partial charge in [0.2, 0.25) is 0 Å². The lowest BCUT2D eigenvalue weighted by molar-refractivity contribution is 0.185. The molecule has 0 spiro atoms. The Labute approximate surface area is 86.8 Å². The van der Waals surface area contributed by atoms with Crippen molar-refractivity contribution in [1.29, 1.82) is 0 Å². The summed E-state index contributed by atoms with van der Waals surface area (Å²) in [6, 6.07) is 5.97. The summed E-state index contributed by atoms with van der Waals surface area (Å²) in [4.78, 5) is 5.10. The summed E-state index contributed by atoms with van der Waals surface area (Å²) in [5.41, 5.74) is 2.03. The maximum Gasteiger partial charge on any atom is 0.0865 e. The third-order valence-corrected chi connectivity index (χ3v) is 2.33. The molecule has 72 valence electrons. The Hall–Kier alpha value is -0.740. The summed E-state index contributed by atoms with van der Waals surface area (Å²) in [7, 11) is 5.39. The molecule has 0 aliphatic rings. The Morgan fingerprint density at radius 2 is 2.15 bits per heavy atom. The minimum Gasteiger partial charge on any atom is -0.386 e. The number of hydrogen-bond acceptors (Lipinski definition) is 3. The van der Waals surface area contributed by atoms with Crippen LogP contribution in [-0.2, 0) is 4.84 Å². The second kappa shape index (κ2) is 4.48. The number of rotatable bonds is 3. The molecule has 0 aromatic heterocycles. The first-order valence-corrected chi connectivity index (χ1v) is 4.73. The number of halogens is 1. The van der Waals surface area contributed by atoms with E-state index in [9.17, 15) is 0 Å². The maximum atomic E-state index is 5.10. The topological polar surface area (TPSA) is 24.5 Å². The van der Waals surface area contributed by atoms with Crippen LogP contribution >= 0.6 is 15.9 Å². The van der Waals surface area contributed by atoms with Gasteiger partial charge in [0.1, 0.15) is 0 Å². The van der Waals surface area contributed by atoms with E-state index >= 15 is 0 Å². The van der Waals surface area contributed by atoms with Crippen LogP contribution in [0.5, 0.6) is 0 Å². The van der Waals surface area contributed by atoms with E-state index in [2.05, 4.69) is 21.2 Å². The Balaban J connectivity index is 3.05. The molecule has 1 aromatic rings. The van der Waals surface area contributed by atoms with Gasteiger partial charge in [0.15, 0.2) is 0 Å². The fraction of sp³-hybridized carbons (Fsp3) is 0.333. The summed E-state index contributed by atoms with van der Waals surface area (Å²) in [5, 5.41) is 4.81. The van der Waals surface area contributed by atoms with Gasteiger partial charge in [-0.3, -0.25) is 9.90 Å². The van der Waals surface area contributed by atoms with Crippen LogP contribution in [0.25, 0.3) is 0 Å². The van der Waals surface area contributed by atoms with E-state index in [1.165, 1.54) is 0 Å². The Morgan fingerprint density at radius 3 is 2.69 bits per heavy atom. The minimum absolute atomic E-state index is 1.01. The van der Waals surface area contributed by atoms with Crippen LogP contribution in [0.15, 0.2) is 22.7 Å². The number of hydroxylamine groups is 1. The van der Waals surface area contributed by atoms with Gasteiger partial charge in [-0.15, -0.1) is 0 Å². The van der Waals surface area contributed by atoms with Gasteiger partial charge >= 0.3 is 0 Å². The third-order valence-electron chi connectivity index (χ3n) is 1.84. The van der Waals surface area contributed by atoms with Crippen LogP contribution in [0.1, 0.15) is 0 Å². The van der Waals surface area contributed by atoms with E-state index in [1.807, 2.05) is 32.3 Å². The molecule has 0 aliphatic heterocycles. The molecule has 1 aromatic carbocycles. The quantitative estimate of drug-likeness (QED) is 0.828. The lowest BCUT2D eigenvalue weighted by atomic mass is 10.2. The molecule has 0 saturated carbocycles. The van der Waals surface area contributed by atoms with E-state index in [-0.39, 0.29) is 0 Å². The van der Waals surface area contributed by atoms with Crippen molar-refractivity contribution in [2.24, 2.45) is 0 Å².